The molecule has 3 aliphatic heterocycles. The number of benzene rings is 1. The number of pyridine rings is 2. The Balaban J connectivity index is 1.13. The molecule has 0 radical (unpaired) electrons. The highest BCUT2D eigenvalue weighted by Gasteiger charge is 2.44. The summed E-state index contributed by atoms with van der Waals surface area (Å²) in [6.45, 7) is 4.00. The van der Waals surface area contributed by atoms with Crippen LogP contribution in [0.5, 0.6) is 5.75 Å². The minimum absolute atomic E-state index is 0.127. The predicted octanol–water partition coefficient (Wildman–Crippen LogP) is 4.77. The second-order valence-corrected chi connectivity index (χ2v) is 10.2. The van der Waals surface area contributed by atoms with Crippen LogP contribution in [0.25, 0.3) is 33.7 Å². The van der Waals surface area contributed by atoms with E-state index in [0.717, 1.165) is 47.5 Å². The lowest BCUT2D eigenvalue weighted by molar-refractivity contribution is -0.00921. The number of phenols is 1. The summed E-state index contributed by atoms with van der Waals surface area (Å²) < 4.78 is 19.2. The third kappa shape index (κ3) is 3.99. The van der Waals surface area contributed by atoms with E-state index in [-0.39, 0.29) is 11.6 Å². The van der Waals surface area contributed by atoms with Crippen LogP contribution in [-0.4, -0.2) is 55.1 Å². The van der Waals surface area contributed by atoms with Crippen LogP contribution in [0.3, 0.4) is 0 Å². The molecule has 7 heterocycles. The van der Waals surface area contributed by atoms with E-state index in [1.165, 1.54) is 18.2 Å². The van der Waals surface area contributed by atoms with Crippen molar-refractivity contribution in [2.75, 3.05) is 18.0 Å². The lowest BCUT2D eigenvalue weighted by Crippen LogP contribution is -2.68. The third-order valence-electron chi connectivity index (χ3n) is 7.73. The first-order valence-electron chi connectivity index (χ1n) is 12.8. The van der Waals surface area contributed by atoms with E-state index in [2.05, 4.69) is 30.8 Å². The predicted molar refractivity (Wildman–Crippen MR) is 142 cm³/mol. The number of phenolic OH excluding ortho intramolecular Hbond substituents is 1. The molecule has 5 aromatic rings. The van der Waals surface area contributed by atoms with Gasteiger partial charge in [0, 0.05) is 66.2 Å². The van der Waals surface area contributed by atoms with Gasteiger partial charge in [-0.1, -0.05) is 0 Å². The minimum Gasteiger partial charge on any atom is -0.508 e. The molecule has 4 aromatic heterocycles. The van der Waals surface area contributed by atoms with Gasteiger partial charge < -0.3 is 19.4 Å². The Morgan fingerprint density at radius 1 is 1.15 bits per heavy atom. The van der Waals surface area contributed by atoms with Crippen molar-refractivity contribution in [1.29, 1.82) is 5.26 Å². The molecule has 2 N–H and O–H groups in total. The number of oxazole rings is 1. The molecular weight excluding hydrogens is 497 g/mol. The van der Waals surface area contributed by atoms with Crippen LogP contribution in [0.15, 0.2) is 59.5 Å². The Kier molecular flexibility index (Phi) is 5.35. The number of piperazine rings is 1. The summed E-state index contributed by atoms with van der Waals surface area (Å²) in [5, 5.41) is 20.7. The van der Waals surface area contributed by atoms with Gasteiger partial charge in [0.05, 0.1) is 11.3 Å². The number of nitrogens with zero attached hydrogens (tertiary/aromatic N) is 6. The average Bonchev–Trinajstić information content (AvgIpc) is 3.59. The Bertz CT molecular complexity index is 1740. The lowest BCUT2D eigenvalue weighted by atomic mass is 9.86. The minimum atomic E-state index is -0.339. The van der Waals surface area contributed by atoms with Gasteiger partial charge >= 0.3 is 0 Å². The fourth-order valence-corrected chi connectivity index (χ4v) is 5.79. The molecule has 3 aliphatic rings. The maximum Gasteiger partial charge on any atom is 0.243 e. The molecule has 3 fully saturated rings. The zero-order valence-corrected chi connectivity index (χ0v) is 21.1. The molecule has 2 atom stereocenters. The number of anilines is 1. The average molecular weight is 522 g/mol. The second kappa shape index (κ2) is 8.92. The van der Waals surface area contributed by atoms with Crippen molar-refractivity contribution >= 4 is 16.9 Å². The maximum absolute atomic E-state index is 13.7. The molecule has 1 aromatic carbocycles. The number of aromatic amines is 1. The van der Waals surface area contributed by atoms with E-state index in [1.807, 2.05) is 25.1 Å². The summed E-state index contributed by atoms with van der Waals surface area (Å²) in [7, 11) is 0. The van der Waals surface area contributed by atoms with E-state index < -0.39 is 0 Å². The van der Waals surface area contributed by atoms with Crippen LogP contribution in [0.4, 0.5) is 10.2 Å². The van der Waals surface area contributed by atoms with Gasteiger partial charge in [0.25, 0.3) is 0 Å². The first-order valence-corrected chi connectivity index (χ1v) is 12.8. The standard InChI is InChI=1S/C29H24FN7O2/c1-16-15-39-29(34-16)24-8-23-27(19(9-31)11-33-28(23)35-24)17-2-5-26(32-10-17)36-13-21-7-22(14-36)37(21)12-18-6-20(30)3-4-25(18)38/h2-6,8,10-11,15,21-22,38H,7,12-14H2,1H3,(H,33,35). The molecule has 2 bridgehead atoms. The molecule has 194 valence electrons. The Hall–Kier alpha value is -4.75. The zero-order chi connectivity index (χ0) is 26.7. The molecule has 2 unspecified atom stereocenters. The monoisotopic (exact) mass is 521 g/mol. The molecule has 3 saturated heterocycles. The number of halogens is 1. The van der Waals surface area contributed by atoms with Crippen molar-refractivity contribution in [1.82, 2.24) is 24.8 Å². The van der Waals surface area contributed by atoms with Crippen molar-refractivity contribution in [3.05, 3.63) is 77.7 Å². The zero-order valence-electron chi connectivity index (χ0n) is 21.1. The highest BCUT2D eigenvalue weighted by molar-refractivity contribution is 5.98. The summed E-state index contributed by atoms with van der Waals surface area (Å²) in [6.07, 6.45) is 6.03. The Morgan fingerprint density at radius 3 is 2.72 bits per heavy atom. The highest BCUT2D eigenvalue weighted by Crippen LogP contribution is 2.38. The maximum atomic E-state index is 13.7. The van der Waals surface area contributed by atoms with Gasteiger partial charge in [-0.05, 0) is 49.7 Å². The van der Waals surface area contributed by atoms with Gasteiger partial charge in [-0.3, -0.25) is 4.90 Å². The molecule has 9 nitrogen and oxygen atoms in total. The van der Waals surface area contributed by atoms with Crippen LogP contribution in [-0.2, 0) is 6.54 Å². The molecule has 0 spiro atoms. The van der Waals surface area contributed by atoms with Gasteiger partial charge in [-0.15, -0.1) is 0 Å². The molecule has 0 saturated carbocycles. The summed E-state index contributed by atoms with van der Waals surface area (Å²) in [6, 6.07) is 12.9. The molecule has 8 rings (SSSR count). The summed E-state index contributed by atoms with van der Waals surface area (Å²) in [4.78, 5) is 21.4. The van der Waals surface area contributed by atoms with Crippen molar-refractivity contribution in [2.24, 2.45) is 0 Å². The lowest BCUT2D eigenvalue weighted by Gasteiger charge is -2.56. The molecule has 0 aliphatic carbocycles. The number of rotatable bonds is 5. The quantitative estimate of drug-likeness (QED) is 0.340. The number of hydrogen-bond acceptors (Lipinski definition) is 8. The van der Waals surface area contributed by atoms with Gasteiger partial charge in [-0.25, -0.2) is 19.3 Å². The van der Waals surface area contributed by atoms with E-state index in [0.29, 0.717) is 47.0 Å². The SMILES string of the molecule is Cc1coc(-c2cc3c(-c4ccc(N5CC6CC(C5)N6Cc5cc(F)ccc5O)nc4)c(C#N)cnc3[nH]2)n1. The van der Waals surface area contributed by atoms with Crippen molar-refractivity contribution in [3.8, 4) is 34.5 Å². The highest BCUT2D eigenvalue weighted by atomic mass is 19.1. The number of aromatic hydroxyl groups is 1. The van der Waals surface area contributed by atoms with Gasteiger partial charge in [0.1, 0.15) is 41.1 Å². The fourth-order valence-electron chi connectivity index (χ4n) is 5.79. The van der Waals surface area contributed by atoms with Crippen molar-refractivity contribution in [2.45, 2.75) is 32.0 Å². The van der Waals surface area contributed by atoms with Crippen molar-refractivity contribution < 1.29 is 13.9 Å². The largest absolute Gasteiger partial charge is 0.508 e. The van der Waals surface area contributed by atoms with Gasteiger partial charge in [-0.2, -0.15) is 5.26 Å². The smallest absolute Gasteiger partial charge is 0.243 e. The van der Waals surface area contributed by atoms with Crippen LogP contribution >= 0.6 is 0 Å². The number of nitriles is 1. The fraction of sp³-hybridized carbons (Fsp3) is 0.241. The second-order valence-electron chi connectivity index (χ2n) is 10.2. The molecule has 0 amide bonds. The summed E-state index contributed by atoms with van der Waals surface area (Å²) >= 11 is 0. The number of aryl methyl sites for hydroxylation is 1. The topological polar surface area (TPSA) is 118 Å². The van der Waals surface area contributed by atoms with Gasteiger partial charge in [0.2, 0.25) is 5.89 Å². The molecule has 39 heavy (non-hydrogen) atoms. The molecule has 10 heteroatoms. The van der Waals surface area contributed by atoms with E-state index in [4.69, 9.17) is 9.40 Å². The van der Waals surface area contributed by atoms with Gasteiger partial charge in [0.15, 0.2) is 0 Å². The first-order chi connectivity index (χ1) is 19.0. The number of H-pyrrole nitrogens is 1. The molecular formula is C29H24FN7O2. The number of nitrogens with one attached hydrogen (secondary N) is 1. The summed E-state index contributed by atoms with van der Waals surface area (Å²) in [5.74, 6) is 1.13. The third-order valence-corrected chi connectivity index (χ3v) is 7.73. The summed E-state index contributed by atoms with van der Waals surface area (Å²) in [5.41, 5.74) is 4.76. The van der Waals surface area contributed by atoms with E-state index in [1.54, 1.807) is 18.7 Å². The van der Waals surface area contributed by atoms with Crippen LogP contribution in [0.2, 0.25) is 0 Å². The number of aromatic nitrogens is 4. The van der Waals surface area contributed by atoms with Crippen molar-refractivity contribution in [3.63, 3.8) is 0 Å². The normalized spacial score (nSPS) is 18.7. The van der Waals surface area contributed by atoms with Crippen LogP contribution in [0.1, 0.15) is 23.2 Å². The Labute approximate surface area is 223 Å². The van der Waals surface area contributed by atoms with E-state index >= 15 is 0 Å². The number of hydrogen-bond donors (Lipinski definition) is 2. The number of fused-ring (bicyclic) bond motifs is 3. The Morgan fingerprint density at radius 2 is 2.00 bits per heavy atom. The van der Waals surface area contributed by atoms with Crippen LogP contribution < -0.4 is 4.90 Å². The van der Waals surface area contributed by atoms with Crippen LogP contribution in [0, 0.1) is 24.1 Å². The van der Waals surface area contributed by atoms with E-state index in [9.17, 15) is 14.8 Å². The number of piperidine rings is 1. The first kappa shape index (κ1) is 23.4.